The summed E-state index contributed by atoms with van der Waals surface area (Å²) in [6.45, 7) is 0.222. The van der Waals surface area contributed by atoms with Crippen molar-refractivity contribution in [1.82, 2.24) is 0 Å². The Balaban J connectivity index is 2.25. The molecule has 0 unspecified atom stereocenters. The van der Waals surface area contributed by atoms with Gasteiger partial charge in [0.2, 0.25) is 0 Å². The second-order valence-electron chi connectivity index (χ2n) is 5.01. The summed E-state index contributed by atoms with van der Waals surface area (Å²) in [6, 6.07) is 14.6. The maximum atomic E-state index is 12.0. The quantitative estimate of drug-likeness (QED) is 0.481. The van der Waals surface area contributed by atoms with Gasteiger partial charge in [-0.3, -0.25) is 0 Å². The Labute approximate surface area is 141 Å². The van der Waals surface area contributed by atoms with E-state index in [1.54, 1.807) is 6.07 Å². The van der Waals surface area contributed by atoms with Crippen molar-refractivity contribution in [3.05, 3.63) is 71.5 Å². The first-order valence-electron chi connectivity index (χ1n) is 7.41. The van der Waals surface area contributed by atoms with E-state index < -0.39 is 5.97 Å². The summed E-state index contributed by atoms with van der Waals surface area (Å²) in [6.07, 6.45) is 1.36. The van der Waals surface area contributed by atoms with E-state index in [2.05, 4.69) is 0 Å². The molecule has 0 atom stereocenters. The average molecular weight is 328 g/mol. The molecule has 2 aromatic rings. The molecule has 126 valence electrons. The van der Waals surface area contributed by atoms with Crippen LogP contribution in [0.15, 0.2) is 54.8 Å². The summed E-state index contributed by atoms with van der Waals surface area (Å²) in [5.41, 5.74) is 2.60. The van der Waals surface area contributed by atoms with Gasteiger partial charge in [-0.1, -0.05) is 36.4 Å². The fourth-order valence-corrected chi connectivity index (χ4v) is 2.25. The van der Waals surface area contributed by atoms with Crippen LogP contribution in [0.3, 0.4) is 0 Å². The van der Waals surface area contributed by atoms with Crippen molar-refractivity contribution >= 4 is 11.5 Å². The first kappa shape index (κ1) is 17.6. The van der Waals surface area contributed by atoms with Crippen molar-refractivity contribution in [2.45, 2.75) is 13.2 Å². The Bertz CT molecular complexity index is 721. The molecule has 2 aromatic carbocycles. The van der Waals surface area contributed by atoms with E-state index in [9.17, 15) is 9.90 Å². The van der Waals surface area contributed by atoms with Crippen molar-refractivity contribution in [2.75, 3.05) is 14.2 Å². The third-order valence-electron chi connectivity index (χ3n) is 3.42. The van der Waals surface area contributed by atoms with Crippen molar-refractivity contribution in [2.24, 2.45) is 0 Å². The smallest absolute Gasteiger partial charge is 0.341 e. The summed E-state index contributed by atoms with van der Waals surface area (Å²) < 4.78 is 15.6. The van der Waals surface area contributed by atoms with Gasteiger partial charge in [0.1, 0.15) is 17.9 Å². The SMILES string of the molecule is CO/C=C(/C(=O)OC)c1ccccc1COc1cccc(CO)c1. The van der Waals surface area contributed by atoms with Gasteiger partial charge in [-0.05, 0) is 28.8 Å². The molecule has 5 heteroatoms. The van der Waals surface area contributed by atoms with E-state index in [1.807, 2.05) is 42.5 Å². The van der Waals surface area contributed by atoms with Crippen LogP contribution in [0.4, 0.5) is 0 Å². The number of ether oxygens (including phenoxy) is 3. The maximum absolute atomic E-state index is 12.0. The molecule has 0 fully saturated rings. The molecular formula is C19H20O5. The molecule has 0 saturated heterocycles. The summed E-state index contributed by atoms with van der Waals surface area (Å²) >= 11 is 0. The van der Waals surface area contributed by atoms with Crippen LogP contribution in [0.5, 0.6) is 5.75 Å². The summed E-state index contributed by atoms with van der Waals surface area (Å²) in [4.78, 5) is 12.0. The Morgan fingerprint density at radius 1 is 1.12 bits per heavy atom. The zero-order chi connectivity index (χ0) is 17.4. The largest absolute Gasteiger partial charge is 0.503 e. The maximum Gasteiger partial charge on any atom is 0.341 e. The van der Waals surface area contributed by atoms with Gasteiger partial charge in [0, 0.05) is 0 Å². The first-order chi connectivity index (χ1) is 11.7. The summed E-state index contributed by atoms with van der Waals surface area (Å²) in [5.74, 6) is 0.165. The molecule has 0 aliphatic rings. The molecule has 0 aliphatic carbocycles. The summed E-state index contributed by atoms with van der Waals surface area (Å²) in [7, 11) is 2.80. The van der Waals surface area contributed by atoms with E-state index >= 15 is 0 Å². The molecule has 2 rings (SSSR count). The monoisotopic (exact) mass is 328 g/mol. The fourth-order valence-electron chi connectivity index (χ4n) is 2.25. The number of esters is 1. The third-order valence-corrected chi connectivity index (χ3v) is 3.42. The van der Waals surface area contributed by atoms with E-state index in [-0.39, 0.29) is 13.2 Å². The predicted molar refractivity (Wildman–Crippen MR) is 90.1 cm³/mol. The van der Waals surface area contributed by atoms with Gasteiger partial charge in [0.05, 0.1) is 27.1 Å². The second kappa shape index (κ2) is 8.74. The molecule has 0 bridgehead atoms. The number of hydrogen-bond donors (Lipinski definition) is 1. The molecular weight excluding hydrogens is 308 g/mol. The Morgan fingerprint density at radius 3 is 2.62 bits per heavy atom. The molecule has 0 radical (unpaired) electrons. The van der Waals surface area contributed by atoms with Gasteiger partial charge in [0.25, 0.3) is 0 Å². The van der Waals surface area contributed by atoms with Gasteiger partial charge in [-0.15, -0.1) is 0 Å². The topological polar surface area (TPSA) is 65.0 Å². The minimum absolute atomic E-state index is 0.0448. The number of hydrogen-bond acceptors (Lipinski definition) is 5. The minimum Gasteiger partial charge on any atom is -0.503 e. The van der Waals surface area contributed by atoms with Gasteiger partial charge >= 0.3 is 5.97 Å². The highest BCUT2D eigenvalue weighted by Gasteiger charge is 2.16. The average Bonchev–Trinajstić information content (AvgIpc) is 2.64. The van der Waals surface area contributed by atoms with Crippen LogP contribution in [-0.2, 0) is 27.5 Å². The molecule has 1 N–H and O–H groups in total. The number of aliphatic hydroxyl groups excluding tert-OH is 1. The predicted octanol–water partition coefficient (Wildman–Crippen LogP) is 2.92. The fraction of sp³-hybridized carbons (Fsp3) is 0.211. The van der Waals surface area contributed by atoms with Crippen LogP contribution in [0, 0.1) is 0 Å². The van der Waals surface area contributed by atoms with Crippen LogP contribution in [0.1, 0.15) is 16.7 Å². The van der Waals surface area contributed by atoms with Crippen molar-refractivity contribution < 1.29 is 24.1 Å². The number of carbonyl (C=O) groups is 1. The number of benzene rings is 2. The highest BCUT2D eigenvalue weighted by atomic mass is 16.5. The molecule has 0 amide bonds. The molecule has 0 aromatic heterocycles. The van der Waals surface area contributed by atoms with Crippen LogP contribution < -0.4 is 4.74 Å². The lowest BCUT2D eigenvalue weighted by molar-refractivity contribution is -0.133. The van der Waals surface area contributed by atoms with Crippen LogP contribution in [0.25, 0.3) is 5.57 Å². The number of rotatable bonds is 7. The number of carbonyl (C=O) groups excluding carboxylic acids is 1. The van der Waals surface area contributed by atoms with E-state index in [4.69, 9.17) is 14.2 Å². The Morgan fingerprint density at radius 2 is 1.92 bits per heavy atom. The first-order valence-corrected chi connectivity index (χ1v) is 7.41. The summed E-state index contributed by atoms with van der Waals surface area (Å²) in [5, 5.41) is 9.18. The molecule has 0 aliphatic heterocycles. The third kappa shape index (κ3) is 4.36. The number of aliphatic hydroxyl groups is 1. The molecule has 0 saturated carbocycles. The van der Waals surface area contributed by atoms with E-state index in [0.717, 1.165) is 11.1 Å². The van der Waals surface area contributed by atoms with Gasteiger partial charge in [-0.25, -0.2) is 4.79 Å². The molecule has 24 heavy (non-hydrogen) atoms. The molecule has 0 spiro atoms. The van der Waals surface area contributed by atoms with Crippen LogP contribution in [-0.4, -0.2) is 25.3 Å². The normalized spacial score (nSPS) is 11.0. The lowest BCUT2D eigenvalue weighted by Gasteiger charge is -2.13. The standard InChI is InChI=1S/C19H20O5/c1-22-13-18(19(21)23-2)17-9-4-3-7-15(17)12-24-16-8-5-6-14(10-16)11-20/h3-10,13,20H,11-12H2,1-2H3/b18-13+. The highest BCUT2D eigenvalue weighted by Crippen LogP contribution is 2.23. The second-order valence-corrected chi connectivity index (χ2v) is 5.01. The minimum atomic E-state index is -0.480. The Kier molecular flexibility index (Phi) is 6.40. The molecule has 0 heterocycles. The van der Waals surface area contributed by atoms with Gasteiger partial charge in [-0.2, -0.15) is 0 Å². The van der Waals surface area contributed by atoms with Crippen LogP contribution in [0.2, 0.25) is 0 Å². The van der Waals surface area contributed by atoms with Crippen molar-refractivity contribution in [1.29, 1.82) is 0 Å². The van der Waals surface area contributed by atoms with E-state index in [1.165, 1.54) is 20.5 Å². The van der Waals surface area contributed by atoms with Crippen molar-refractivity contribution in [3.63, 3.8) is 0 Å². The Hall–Kier alpha value is -2.79. The van der Waals surface area contributed by atoms with Crippen molar-refractivity contribution in [3.8, 4) is 5.75 Å². The van der Waals surface area contributed by atoms with E-state index in [0.29, 0.717) is 16.9 Å². The zero-order valence-electron chi connectivity index (χ0n) is 13.7. The molecule has 5 nitrogen and oxygen atoms in total. The van der Waals surface area contributed by atoms with Gasteiger partial charge in [0.15, 0.2) is 0 Å². The lowest BCUT2D eigenvalue weighted by atomic mass is 10.0. The van der Waals surface area contributed by atoms with Crippen LogP contribution >= 0.6 is 0 Å². The zero-order valence-corrected chi connectivity index (χ0v) is 13.7. The lowest BCUT2D eigenvalue weighted by Crippen LogP contribution is -2.08. The van der Waals surface area contributed by atoms with Gasteiger partial charge < -0.3 is 19.3 Å². The number of methoxy groups -OCH3 is 2. The highest BCUT2D eigenvalue weighted by molar-refractivity contribution is 6.16.